The Balaban J connectivity index is 2.51. The smallest absolute Gasteiger partial charge is 0.0930 e. The second-order valence-corrected chi connectivity index (χ2v) is 3.66. The molecule has 0 amide bonds. The van der Waals surface area contributed by atoms with Gasteiger partial charge in [0.05, 0.1) is 11.9 Å². The van der Waals surface area contributed by atoms with E-state index in [4.69, 9.17) is 0 Å². The van der Waals surface area contributed by atoms with E-state index < -0.39 is 0 Å². The molecule has 1 radical (unpaired) electrons. The molecule has 0 aliphatic carbocycles. The summed E-state index contributed by atoms with van der Waals surface area (Å²) >= 11 is 0. The van der Waals surface area contributed by atoms with Crippen LogP contribution in [0, 0.1) is 20.0 Å². The lowest BCUT2D eigenvalue weighted by molar-refractivity contribution is 0.764. The summed E-state index contributed by atoms with van der Waals surface area (Å²) in [5.41, 5.74) is 4.69. The first-order chi connectivity index (χ1) is 6.65. The van der Waals surface area contributed by atoms with Crippen molar-refractivity contribution in [2.45, 2.75) is 13.8 Å². The molecule has 2 rings (SSSR count). The van der Waals surface area contributed by atoms with Crippen LogP contribution in [0.25, 0.3) is 11.3 Å². The lowest BCUT2D eigenvalue weighted by Crippen LogP contribution is -1.89. The van der Waals surface area contributed by atoms with E-state index in [1.807, 2.05) is 13.1 Å². The second kappa shape index (κ2) is 3.29. The fourth-order valence-electron chi connectivity index (χ4n) is 1.64. The summed E-state index contributed by atoms with van der Waals surface area (Å²) < 4.78 is 1.70. The number of hydrogen-bond donors (Lipinski definition) is 0. The molecule has 0 fully saturated rings. The van der Waals surface area contributed by atoms with Crippen molar-refractivity contribution in [2.75, 3.05) is 0 Å². The molecule has 2 aromatic rings. The number of rotatable bonds is 1. The summed E-state index contributed by atoms with van der Waals surface area (Å²) in [7, 11) is 1.88. The largest absolute Gasteiger partial charge is 0.266 e. The normalized spacial score (nSPS) is 10.5. The molecule has 0 spiro atoms. The first kappa shape index (κ1) is 9.00. The predicted octanol–water partition coefficient (Wildman–Crippen LogP) is 2.50. The monoisotopic (exact) mass is 185 g/mol. The van der Waals surface area contributed by atoms with Crippen molar-refractivity contribution in [1.82, 2.24) is 9.78 Å². The molecule has 0 aliphatic heterocycles. The van der Waals surface area contributed by atoms with Crippen LogP contribution in [0.15, 0.2) is 24.3 Å². The van der Waals surface area contributed by atoms with Crippen molar-refractivity contribution in [1.29, 1.82) is 0 Å². The van der Waals surface area contributed by atoms with Crippen LogP contribution in [-0.4, -0.2) is 9.78 Å². The van der Waals surface area contributed by atoms with Gasteiger partial charge in [0, 0.05) is 12.6 Å². The van der Waals surface area contributed by atoms with E-state index in [0.29, 0.717) is 0 Å². The highest BCUT2D eigenvalue weighted by Gasteiger charge is 2.02. The zero-order valence-electron chi connectivity index (χ0n) is 8.70. The van der Waals surface area contributed by atoms with Gasteiger partial charge in [0.1, 0.15) is 0 Å². The van der Waals surface area contributed by atoms with E-state index in [1.165, 1.54) is 16.7 Å². The van der Waals surface area contributed by atoms with Gasteiger partial charge in [-0.05, 0) is 32.0 Å². The highest BCUT2D eigenvalue weighted by atomic mass is 15.2. The number of benzene rings is 1. The van der Waals surface area contributed by atoms with Gasteiger partial charge in [-0.25, -0.2) is 0 Å². The highest BCUT2D eigenvalue weighted by Crippen LogP contribution is 2.19. The second-order valence-electron chi connectivity index (χ2n) is 3.66. The Morgan fingerprint density at radius 2 is 1.79 bits per heavy atom. The topological polar surface area (TPSA) is 17.8 Å². The van der Waals surface area contributed by atoms with Crippen molar-refractivity contribution in [3.63, 3.8) is 0 Å². The van der Waals surface area contributed by atoms with Crippen LogP contribution in [-0.2, 0) is 7.05 Å². The summed E-state index contributed by atoms with van der Waals surface area (Å²) in [6.07, 6.45) is 3.01. The molecule has 14 heavy (non-hydrogen) atoms. The van der Waals surface area contributed by atoms with Gasteiger partial charge in [0.25, 0.3) is 0 Å². The molecular weight excluding hydrogens is 172 g/mol. The van der Waals surface area contributed by atoms with Gasteiger partial charge in [0.15, 0.2) is 0 Å². The molecule has 0 saturated heterocycles. The number of aromatic nitrogens is 2. The SMILES string of the molecule is Cc1cc(C)cc(-c2c[c]n(C)n2)c1. The molecule has 2 heteroatoms. The lowest BCUT2D eigenvalue weighted by atomic mass is 10.1. The number of hydrogen-bond acceptors (Lipinski definition) is 1. The third-order valence-corrected chi connectivity index (χ3v) is 2.16. The Morgan fingerprint density at radius 3 is 2.29 bits per heavy atom. The fraction of sp³-hybridized carbons (Fsp3) is 0.250. The summed E-state index contributed by atoms with van der Waals surface area (Å²) in [6.45, 7) is 4.20. The number of aryl methyl sites for hydroxylation is 3. The van der Waals surface area contributed by atoms with Gasteiger partial charge in [-0.15, -0.1) is 0 Å². The first-order valence-electron chi connectivity index (χ1n) is 4.65. The van der Waals surface area contributed by atoms with Crippen LogP contribution < -0.4 is 0 Å². The minimum atomic E-state index is 0.985. The maximum Gasteiger partial charge on any atom is 0.0930 e. The summed E-state index contributed by atoms with van der Waals surface area (Å²) in [4.78, 5) is 0. The van der Waals surface area contributed by atoms with Crippen LogP contribution >= 0.6 is 0 Å². The standard InChI is InChI=1S/C12H13N2/c1-9-6-10(2)8-11(7-9)12-4-5-14(3)13-12/h4,6-8H,1-3H3. The first-order valence-corrected chi connectivity index (χ1v) is 4.65. The minimum Gasteiger partial charge on any atom is -0.266 e. The molecule has 0 bridgehead atoms. The van der Waals surface area contributed by atoms with Crippen molar-refractivity contribution < 1.29 is 0 Å². The van der Waals surface area contributed by atoms with Crippen LogP contribution in [0.2, 0.25) is 0 Å². The van der Waals surface area contributed by atoms with Crippen molar-refractivity contribution in [3.8, 4) is 11.3 Å². The van der Waals surface area contributed by atoms with Gasteiger partial charge >= 0.3 is 0 Å². The van der Waals surface area contributed by atoms with E-state index in [2.05, 4.69) is 43.3 Å². The summed E-state index contributed by atoms with van der Waals surface area (Å²) in [5, 5.41) is 4.32. The fourth-order valence-corrected chi connectivity index (χ4v) is 1.64. The molecule has 0 atom stereocenters. The Morgan fingerprint density at radius 1 is 1.14 bits per heavy atom. The Hall–Kier alpha value is -1.57. The third kappa shape index (κ3) is 1.69. The molecule has 0 saturated carbocycles. The van der Waals surface area contributed by atoms with E-state index in [1.54, 1.807) is 4.68 Å². The van der Waals surface area contributed by atoms with E-state index >= 15 is 0 Å². The molecule has 1 heterocycles. The minimum absolute atomic E-state index is 0.985. The Kier molecular flexibility index (Phi) is 2.12. The summed E-state index contributed by atoms with van der Waals surface area (Å²) in [6, 6.07) is 8.36. The van der Waals surface area contributed by atoms with Crippen molar-refractivity contribution >= 4 is 0 Å². The average Bonchev–Trinajstić information content (AvgIpc) is 2.50. The maximum absolute atomic E-state index is 4.32. The Bertz CT molecular complexity index is 435. The molecular formula is C12H13N2. The summed E-state index contributed by atoms with van der Waals surface area (Å²) in [5.74, 6) is 0. The lowest BCUT2D eigenvalue weighted by Gasteiger charge is -2.01. The van der Waals surface area contributed by atoms with Gasteiger partial charge in [-0.3, -0.25) is 4.68 Å². The van der Waals surface area contributed by atoms with Gasteiger partial charge in [-0.2, -0.15) is 5.10 Å². The van der Waals surface area contributed by atoms with Crippen LogP contribution in [0.3, 0.4) is 0 Å². The van der Waals surface area contributed by atoms with Crippen molar-refractivity contribution in [2.24, 2.45) is 7.05 Å². The Labute approximate surface area is 84.2 Å². The van der Waals surface area contributed by atoms with E-state index in [9.17, 15) is 0 Å². The maximum atomic E-state index is 4.32. The molecule has 71 valence electrons. The molecule has 0 aliphatic rings. The average molecular weight is 185 g/mol. The highest BCUT2D eigenvalue weighted by molar-refractivity contribution is 5.60. The zero-order valence-corrected chi connectivity index (χ0v) is 8.70. The van der Waals surface area contributed by atoms with Crippen LogP contribution in [0.1, 0.15) is 11.1 Å². The van der Waals surface area contributed by atoms with Crippen LogP contribution in [0.5, 0.6) is 0 Å². The predicted molar refractivity (Wildman–Crippen MR) is 57.0 cm³/mol. The van der Waals surface area contributed by atoms with Gasteiger partial charge < -0.3 is 0 Å². The van der Waals surface area contributed by atoms with Gasteiger partial charge in [0.2, 0.25) is 0 Å². The molecule has 0 N–H and O–H groups in total. The zero-order chi connectivity index (χ0) is 10.1. The third-order valence-electron chi connectivity index (χ3n) is 2.16. The van der Waals surface area contributed by atoms with Crippen molar-refractivity contribution in [3.05, 3.63) is 41.6 Å². The quantitative estimate of drug-likeness (QED) is 0.667. The van der Waals surface area contributed by atoms with E-state index in [0.717, 1.165) is 5.69 Å². The number of nitrogens with zero attached hydrogens (tertiary/aromatic N) is 2. The molecule has 2 nitrogen and oxygen atoms in total. The van der Waals surface area contributed by atoms with E-state index in [-0.39, 0.29) is 0 Å². The molecule has 0 unspecified atom stereocenters. The van der Waals surface area contributed by atoms with Crippen LogP contribution in [0.4, 0.5) is 0 Å². The molecule has 1 aromatic heterocycles. The molecule has 1 aromatic carbocycles. The van der Waals surface area contributed by atoms with Gasteiger partial charge in [-0.1, -0.05) is 17.2 Å².